The fraction of sp³-hybridized carbons (Fsp3) is 0.240. The lowest BCUT2D eigenvalue weighted by molar-refractivity contribution is 0.0989. The topological polar surface area (TPSA) is 66.5 Å². The summed E-state index contributed by atoms with van der Waals surface area (Å²) >= 11 is 5.94. The predicted octanol–water partition coefficient (Wildman–Crippen LogP) is 4.95. The van der Waals surface area contributed by atoms with E-state index in [1.165, 1.54) is 0 Å². The highest BCUT2D eigenvalue weighted by molar-refractivity contribution is 7.89. The van der Waals surface area contributed by atoms with Gasteiger partial charge < -0.3 is 4.90 Å². The summed E-state index contributed by atoms with van der Waals surface area (Å²) < 4.78 is 28.7. The third kappa shape index (κ3) is 4.44. The number of carbonyl (C=O) groups excluding carboxylic acids is 1. The molecule has 0 aromatic heterocycles. The van der Waals surface area contributed by atoms with E-state index in [9.17, 15) is 13.2 Å². The lowest BCUT2D eigenvalue weighted by Crippen LogP contribution is -2.29. The molecule has 0 radical (unpaired) electrons. The van der Waals surface area contributed by atoms with Crippen LogP contribution < -0.4 is 9.62 Å². The van der Waals surface area contributed by atoms with Gasteiger partial charge in [-0.05, 0) is 79.8 Å². The lowest BCUT2D eigenvalue weighted by atomic mass is 10.1. The summed E-state index contributed by atoms with van der Waals surface area (Å²) in [5, 5.41) is 0.581. The molecule has 3 aromatic rings. The number of nitrogens with one attached hydrogen (secondary N) is 1. The molecule has 1 aliphatic heterocycles. The van der Waals surface area contributed by atoms with Crippen molar-refractivity contribution in [2.45, 2.75) is 38.6 Å². The van der Waals surface area contributed by atoms with Crippen molar-refractivity contribution in [2.24, 2.45) is 0 Å². The molecule has 0 spiro atoms. The second kappa shape index (κ2) is 8.70. The van der Waals surface area contributed by atoms with Crippen molar-refractivity contribution in [2.75, 3.05) is 11.4 Å². The number of aryl methyl sites for hydroxylation is 3. The van der Waals surface area contributed by atoms with Crippen LogP contribution in [0.3, 0.4) is 0 Å². The first-order chi connectivity index (χ1) is 15.2. The molecule has 0 fully saturated rings. The molecule has 4 rings (SSSR count). The molecule has 5 nitrogen and oxygen atoms in total. The Bertz CT molecular complexity index is 1280. The van der Waals surface area contributed by atoms with Gasteiger partial charge in [0.05, 0.1) is 4.90 Å². The Labute approximate surface area is 194 Å². The smallest absolute Gasteiger partial charge is 0.258 e. The number of rotatable bonds is 5. The lowest BCUT2D eigenvalue weighted by Gasteiger charge is -2.18. The van der Waals surface area contributed by atoms with E-state index in [0.717, 1.165) is 39.9 Å². The normalized spacial score (nSPS) is 13.3. The average Bonchev–Trinajstić information content (AvgIpc) is 3.14. The molecule has 166 valence electrons. The molecule has 1 amide bonds. The molecule has 0 aliphatic carbocycles. The maximum Gasteiger partial charge on any atom is 0.258 e. The van der Waals surface area contributed by atoms with Crippen LogP contribution >= 0.6 is 11.6 Å². The van der Waals surface area contributed by atoms with Gasteiger partial charge in [-0.25, -0.2) is 13.1 Å². The van der Waals surface area contributed by atoms with Crippen molar-refractivity contribution >= 4 is 33.2 Å². The Balaban J connectivity index is 1.55. The highest BCUT2D eigenvalue weighted by atomic mass is 35.5. The summed E-state index contributed by atoms with van der Waals surface area (Å²) in [4.78, 5) is 15.1. The van der Waals surface area contributed by atoms with Gasteiger partial charge in [0.25, 0.3) is 5.91 Å². The molecular weight excluding hydrogens is 444 g/mol. The largest absolute Gasteiger partial charge is 0.308 e. The van der Waals surface area contributed by atoms with Crippen LogP contribution in [0.15, 0.2) is 59.5 Å². The Morgan fingerprint density at radius 3 is 2.31 bits per heavy atom. The molecule has 0 bridgehead atoms. The second-order valence-corrected chi connectivity index (χ2v) is 10.4. The number of anilines is 1. The summed E-state index contributed by atoms with van der Waals surface area (Å²) in [5.41, 5.74) is 5.74. The van der Waals surface area contributed by atoms with E-state index in [2.05, 4.69) is 4.72 Å². The molecule has 1 N–H and O–H groups in total. The van der Waals surface area contributed by atoms with E-state index < -0.39 is 10.0 Å². The summed E-state index contributed by atoms with van der Waals surface area (Å²) in [7, 11) is -3.67. The highest BCUT2D eigenvalue weighted by Gasteiger charge is 2.26. The van der Waals surface area contributed by atoms with Crippen LogP contribution in [0.25, 0.3) is 0 Å². The van der Waals surface area contributed by atoms with E-state index in [0.29, 0.717) is 22.0 Å². The van der Waals surface area contributed by atoms with Gasteiger partial charge in [0.15, 0.2) is 0 Å². The van der Waals surface area contributed by atoms with Crippen molar-refractivity contribution in [1.82, 2.24) is 4.72 Å². The molecule has 0 atom stereocenters. The highest BCUT2D eigenvalue weighted by Crippen LogP contribution is 2.31. The monoisotopic (exact) mass is 468 g/mol. The van der Waals surface area contributed by atoms with Crippen molar-refractivity contribution < 1.29 is 13.2 Å². The van der Waals surface area contributed by atoms with Gasteiger partial charge in [0.1, 0.15) is 0 Å². The standard InChI is InChI=1S/C25H25ClN2O3S/c1-16-12-17(2)24(18(3)13-16)32(30,31)27-15-19-4-5-20-10-11-28(23(20)14-19)25(29)21-6-8-22(26)9-7-21/h4-9,12-14,27H,10-11,15H2,1-3H3. The zero-order valence-corrected chi connectivity index (χ0v) is 19.8. The molecule has 7 heteroatoms. The van der Waals surface area contributed by atoms with Crippen LogP contribution in [0.5, 0.6) is 0 Å². The van der Waals surface area contributed by atoms with Crippen molar-refractivity contribution in [3.8, 4) is 0 Å². The first-order valence-corrected chi connectivity index (χ1v) is 12.3. The van der Waals surface area contributed by atoms with Gasteiger partial charge in [-0.1, -0.05) is 41.4 Å². The third-order valence-corrected chi connectivity index (χ3v) is 7.68. The number of fused-ring (bicyclic) bond motifs is 1. The number of nitrogens with zero attached hydrogens (tertiary/aromatic N) is 1. The minimum atomic E-state index is -3.67. The predicted molar refractivity (Wildman–Crippen MR) is 128 cm³/mol. The number of sulfonamides is 1. The van der Waals surface area contributed by atoms with E-state index >= 15 is 0 Å². The van der Waals surface area contributed by atoms with E-state index in [-0.39, 0.29) is 12.5 Å². The first-order valence-electron chi connectivity index (χ1n) is 10.4. The number of halogens is 1. The molecular formula is C25H25ClN2O3S. The molecule has 0 saturated heterocycles. The molecule has 3 aromatic carbocycles. The summed E-state index contributed by atoms with van der Waals surface area (Å²) in [6, 6.07) is 16.3. The van der Waals surface area contributed by atoms with Gasteiger partial charge >= 0.3 is 0 Å². The van der Waals surface area contributed by atoms with Crippen LogP contribution in [-0.4, -0.2) is 20.9 Å². The van der Waals surface area contributed by atoms with Crippen LogP contribution in [0.2, 0.25) is 5.02 Å². The zero-order valence-electron chi connectivity index (χ0n) is 18.3. The van der Waals surface area contributed by atoms with E-state index in [4.69, 9.17) is 11.6 Å². The summed E-state index contributed by atoms with van der Waals surface area (Å²) in [6.07, 6.45) is 0.766. The molecule has 0 unspecified atom stereocenters. The van der Waals surface area contributed by atoms with Crippen molar-refractivity contribution in [1.29, 1.82) is 0 Å². The number of benzene rings is 3. The van der Waals surface area contributed by atoms with E-state index in [1.807, 2.05) is 51.1 Å². The molecule has 1 aliphatic rings. The Kier molecular flexibility index (Phi) is 6.12. The maximum absolute atomic E-state index is 13.0. The van der Waals surface area contributed by atoms with Gasteiger partial charge in [0, 0.05) is 29.4 Å². The van der Waals surface area contributed by atoms with Gasteiger partial charge in [0.2, 0.25) is 10.0 Å². The Hall–Kier alpha value is -2.67. The summed E-state index contributed by atoms with van der Waals surface area (Å²) in [5.74, 6) is -0.0935. The summed E-state index contributed by atoms with van der Waals surface area (Å²) in [6.45, 7) is 6.30. The number of amides is 1. The van der Waals surface area contributed by atoms with Gasteiger partial charge in [-0.15, -0.1) is 0 Å². The maximum atomic E-state index is 13.0. The van der Waals surface area contributed by atoms with Crippen LogP contribution in [-0.2, 0) is 23.0 Å². The molecule has 1 heterocycles. The van der Waals surface area contributed by atoms with Gasteiger partial charge in [-0.3, -0.25) is 4.79 Å². The van der Waals surface area contributed by atoms with Gasteiger partial charge in [-0.2, -0.15) is 0 Å². The Morgan fingerprint density at radius 1 is 1.00 bits per heavy atom. The molecule has 0 saturated carbocycles. The first kappa shape index (κ1) is 22.5. The van der Waals surface area contributed by atoms with E-state index in [1.54, 1.807) is 29.2 Å². The fourth-order valence-electron chi connectivity index (χ4n) is 4.34. The SMILES string of the molecule is Cc1cc(C)c(S(=O)(=O)NCc2ccc3c(c2)N(C(=O)c2ccc(Cl)cc2)CC3)c(C)c1. The minimum Gasteiger partial charge on any atom is -0.308 e. The number of hydrogen-bond acceptors (Lipinski definition) is 3. The number of hydrogen-bond donors (Lipinski definition) is 1. The van der Waals surface area contributed by atoms with Crippen molar-refractivity contribution in [3.05, 3.63) is 93.0 Å². The quantitative estimate of drug-likeness (QED) is 0.576. The fourth-order valence-corrected chi connectivity index (χ4v) is 5.93. The number of carbonyl (C=O) groups is 1. The van der Waals surface area contributed by atoms with Crippen LogP contribution in [0, 0.1) is 20.8 Å². The average molecular weight is 469 g/mol. The minimum absolute atomic E-state index is 0.0935. The second-order valence-electron chi connectivity index (χ2n) is 8.23. The molecule has 32 heavy (non-hydrogen) atoms. The zero-order chi connectivity index (χ0) is 23.0. The van der Waals surface area contributed by atoms with Crippen molar-refractivity contribution in [3.63, 3.8) is 0 Å². The third-order valence-electron chi connectivity index (χ3n) is 5.72. The van der Waals surface area contributed by atoms with Crippen LogP contribution in [0.4, 0.5) is 5.69 Å². The van der Waals surface area contributed by atoms with Crippen LogP contribution in [0.1, 0.15) is 38.2 Å². The Morgan fingerprint density at radius 2 is 1.66 bits per heavy atom.